The maximum atomic E-state index is 12.2. The zero-order valence-corrected chi connectivity index (χ0v) is 16.2. The van der Waals surface area contributed by atoms with Crippen molar-refractivity contribution in [3.63, 3.8) is 0 Å². The summed E-state index contributed by atoms with van der Waals surface area (Å²) in [5, 5.41) is 8.99. The predicted molar refractivity (Wildman–Crippen MR) is 102 cm³/mol. The number of rotatable bonds is 6. The second kappa shape index (κ2) is 6.70. The Morgan fingerprint density at radius 1 is 1.18 bits per heavy atom. The van der Waals surface area contributed by atoms with Gasteiger partial charge in [-0.05, 0) is 38.8 Å². The van der Waals surface area contributed by atoms with Crippen molar-refractivity contribution in [2.75, 3.05) is 13.1 Å². The van der Waals surface area contributed by atoms with Gasteiger partial charge in [0.15, 0.2) is 5.82 Å². The molecule has 3 aromatic heterocycles. The molecule has 146 valence electrons. The minimum atomic E-state index is -0.0782. The Morgan fingerprint density at radius 3 is 2.71 bits per heavy atom. The van der Waals surface area contributed by atoms with Crippen LogP contribution >= 0.6 is 0 Å². The Morgan fingerprint density at radius 2 is 2.00 bits per heavy atom. The van der Waals surface area contributed by atoms with Crippen molar-refractivity contribution in [1.29, 1.82) is 0 Å². The van der Waals surface area contributed by atoms with Crippen LogP contribution in [0.15, 0.2) is 33.6 Å². The summed E-state index contributed by atoms with van der Waals surface area (Å²) in [4.78, 5) is 18.9. The van der Waals surface area contributed by atoms with Gasteiger partial charge in [-0.25, -0.2) is 14.3 Å². The van der Waals surface area contributed by atoms with Gasteiger partial charge in [-0.3, -0.25) is 9.69 Å². The van der Waals surface area contributed by atoms with E-state index in [1.165, 1.54) is 12.8 Å². The lowest BCUT2D eigenvalue weighted by atomic mass is 10.0. The lowest BCUT2D eigenvalue weighted by molar-refractivity contribution is 0.0676. The van der Waals surface area contributed by atoms with Crippen LogP contribution in [0.25, 0.3) is 5.82 Å². The van der Waals surface area contributed by atoms with E-state index in [1.807, 2.05) is 26.1 Å². The van der Waals surface area contributed by atoms with Crippen LogP contribution in [0.1, 0.15) is 41.8 Å². The number of aryl methyl sites for hydroxylation is 2. The van der Waals surface area contributed by atoms with Gasteiger partial charge < -0.3 is 4.42 Å². The van der Waals surface area contributed by atoms with Crippen LogP contribution < -0.4 is 5.56 Å². The van der Waals surface area contributed by atoms with Gasteiger partial charge in [0.05, 0.1) is 25.0 Å². The molecule has 1 saturated carbocycles. The third-order valence-corrected chi connectivity index (χ3v) is 5.45. The van der Waals surface area contributed by atoms with Crippen LogP contribution in [-0.2, 0) is 13.1 Å². The summed E-state index contributed by atoms with van der Waals surface area (Å²) in [6.45, 7) is 7.11. The molecule has 8 nitrogen and oxygen atoms in total. The van der Waals surface area contributed by atoms with Crippen molar-refractivity contribution in [3.05, 3.63) is 57.8 Å². The molecular formula is C20H24N6O2. The molecule has 0 spiro atoms. The third kappa shape index (κ3) is 3.40. The molecule has 1 saturated heterocycles. The largest absolute Gasteiger partial charge is 0.444 e. The second-order valence-corrected chi connectivity index (χ2v) is 8.04. The fourth-order valence-electron chi connectivity index (χ4n) is 3.85. The average Bonchev–Trinajstić information content (AvgIpc) is 3.28. The minimum absolute atomic E-state index is 0.0782. The first-order valence-corrected chi connectivity index (χ1v) is 9.84. The molecule has 2 aliphatic rings. The van der Waals surface area contributed by atoms with Crippen molar-refractivity contribution in [2.45, 2.75) is 45.7 Å². The zero-order valence-electron chi connectivity index (χ0n) is 16.2. The smallest absolute Gasteiger partial charge is 0.266 e. The summed E-state index contributed by atoms with van der Waals surface area (Å²) in [5.41, 5.74) is 1.86. The standard InChI is InChI=1S/C20H24N6O2/c1-13-7-14(2)26(22-13)18-5-6-20(27)25(23-18)11-15-9-24(10-15)12-19-21-8-17(28-19)16-3-4-16/h5-8,15-16H,3-4,9-12H2,1-2H3. The number of likely N-dealkylation sites (tertiary alicyclic amines) is 1. The lowest BCUT2D eigenvalue weighted by Gasteiger charge is -2.38. The maximum absolute atomic E-state index is 12.2. The van der Waals surface area contributed by atoms with Gasteiger partial charge in [0.25, 0.3) is 5.56 Å². The summed E-state index contributed by atoms with van der Waals surface area (Å²) in [6.07, 6.45) is 4.32. The molecule has 2 fully saturated rings. The Labute approximate surface area is 162 Å². The van der Waals surface area contributed by atoms with Crippen molar-refractivity contribution < 1.29 is 4.42 Å². The van der Waals surface area contributed by atoms with E-state index in [2.05, 4.69) is 20.1 Å². The SMILES string of the molecule is Cc1cc(C)n(-c2ccc(=O)n(CC3CN(Cc4ncc(C5CC5)o4)C3)n2)n1. The highest BCUT2D eigenvalue weighted by Gasteiger charge is 2.31. The van der Waals surface area contributed by atoms with Crippen LogP contribution in [0.3, 0.4) is 0 Å². The highest BCUT2D eigenvalue weighted by atomic mass is 16.4. The molecule has 5 rings (SSSR count). The Hall–Kier alpha value is -2.74. The maximum Gasteiger partial charge on any atom is 0.266 e. The number of aromatic nitrogens is 5. The molecule has 0 bridgehead atoms. The second-order valence-electron chi connectivity index (χ2n) is 8.04. The van der Waals surface area contributed by atoms with E-state index in [9.17, 15) is 4.79 Å². The highest BCUT2D eigenvalue weighted by molar-refractivity contribution is 5.23. The van der Waals surface area contributed by atoms with Gasteiger partial charge in [-0.2, -0.15) is 5.10 Å². The first kappa shape index (κ1) is 17.4. The van der Waals surface area contributed by atoms with Gasteiger partial charge in [-0.1, -0.05) is 0 Å². The summed E-state index contributed by atoms with van der Waals surface area (Å²) in [6, 6.07) is 5.30. The molecule has 1 aliphatic heterocycles. The quantitative estimate of drug-likeness (QED) is 0.651. The first-order chi connectivity index (χ1) is 13.5. The first-order valence-electron chi connectivity index (χ1n) is 9.84. The van der Waals surface area contributed by atoms with E-state index in [4.69, 9.17) is 4.42 Å². The molecule has 0 aromatic carbocycles. The third-order valence-electron chi connectivity index (χ3n) is 5.45. The van der Waals surface area contributed by atoms with Gasteiger partial charge in [0.2, 0.25) is 5.89 Å². The van der Waals surface area contributed by atoms with Crippen LogP contribution in [0.2, 0.25) is 0 Å². The van der Waals surface area contributed by atoms with Gasteiger partial charge in [0, 0.05) is 36.7 Å². The van der Waals surface area contributed by atoms with Crippen molar-refractivity contribution in [1.82, 2.24) is 29.4 Å². The molecule has 0 radical (unpaired) electrons. The monoisotopic (exact) mass is 380 g/mol. The summed E-state index contributed by atoms with van der Waals surface area (Å²) in [7, 11) is 0. The van der Waals surface area contributed by atoms with Gasteiger partial charge >= 0.3 is 0 Å². The Bertz CT molecular complexity index is 1050. The Balaban J connectivity index is 1.21. The molecule has 8 heteroatoms. The van der Waals surface area contributed by atoms with Crippen molar-refractivity contribution >= 4 is 0 Å². The molecule has 3 aromatic rings. The van der Waals surface area contributed by atoms with E-state index in [0.29, 0.717) is 24.2 Å². The lowest BCUT2D eigenvalue weighted by Crippen LogP contribution is -2.49. The highest BCUT2D eigenvalue weighted by Crippen LogP contribution is 2.40. The van der Waals surface area contributed by atoms with Crippen LogP contribution in [0.5, 0.6) is 0 Å². The van der Waals surface area contributed by atoms with E-state index < -0.39 is 0 Å². The molecule has 4 heterocycles. The van der Waals surface area contributed by atoms with E-state index >= 15 is 0 Å². The molecule has 1 aliphatic carbocycles. The number of oxazole rings is 1. The molecule has 0 atom stereocenters. The fraction of sp³-hybridized carbons (Fsp3) is 0.500. The molecule has 0 amide bonds. The number of hydrogen-bond donors (Lipinski definition) is 0. The van der Waals surface area contributed by atoms with Gasteiger partial charge in [-0.15, -0.1) is 5.10 Å². The van der Waals surface area contributed by atoms with Gasteiger partial charge in [0.1, 0.15) is 5.76 Å². The Kier molecular flexibility index (Phi) is 4.16. The average molecular weight is 380 g/mol. The van der Waals surface area contributed by atoms with Crippen molar-refractivity contribution in [2.24, 2.45) is 5.92 Å². The van der Waals surface area contributed by atoms with Crippen LogP contribution in [0.4, 0.5) is 0 Å². The van der Waals surface area contributed by atoms with E-state index in [1.54, 1.807) is 21.5 Å². The zero-order chi connectivity index (χ0) is 19.3. The normalized spacial score (nSPS) is 17.8. The molecular weight excluding hydrogens is 356 g/mol. The van der Waals surface area contributed by atoms with E-state index in [-0.39, 0.29) is 5.56 Å². The molecule has 0 unspecified atom stereocenters. The van der Waals surface area contributed by atoms with Crippen LogP contribution in [0, 0.1) is 19.8 Å². The predicted octanol–water partition coefficient (Wildman–Crippen LogP) is 2.04. The topological polar surface area (TPSA) is 82.0 Å². The molecule has 0 N–H and O–H groups in total. The van der Waals surface area contributed by atoms with Crippen molar-refractivity contribution in [3.8, 4) is 5.82 Å². The summed E-state index contributed by atoms with van der Waals surface area (Å²) >= 11 is 0. The van der Waals surface area contributed by atoms with Crippen LogP contribution in [-0.4, -0.2) is 42.5 Å². The summed E-state index contributed by atoms with van der Waals surface area (Å²) < 4.78 is 9.17. The number of nitrogens with zero attached hydrogens (tertiary/aromatic N) is 6. The fourth-order valence-corrected chi connectivity index (χ4v) is 3.85. The summed E-state index contributed by atoms with van der Waals surface area (Å²) in [5.74, 6) is 3.50. The minimum Gasteiger partial charge on any atom is -0.444 e. The number of hydrogen-bond acceptors (Lipinski definition) is 6. The molecule has 28 heavy (non-hydrogen) atoms. The van der Waals surface area contributed by atoms with E-state index in [0.717, 1.165) is 42.7 Å².